The van der Waals surface area contributed by atoms with Gasteiger partial charge in [-0.15, -0.1) is 0 Å². The number of nitrogens with zero attached hydrogens (tertiary/aromatic N) is 1. The largest absolute Gasteiger partial charge is 0.445 e. The lowest BCUT2D eigenvalue weighted by Gasteiger charge is -2.61. The van der Waals surface area contributed by atoms with Crippen molar-refractivity contribution >= 4 is 16.0 Å². The van der Waals surface area contributed by atoms with Gasteiger partial charge in [-0.3, -0.25) is 0 Å². The molecule has 4 aromatic rings. The van der Waals surface area contributed by atoms with E-state index in [4.69, 9.17) is 4.74 Å². The van der Waals surface area contributed by atoms with Crippen molar-refractivity contribution in [3.8, 4) is 0 Å². The minimum atomic E-state index is -3.79. The molecular weight excluding hydrogens is 554 g/mol. The van der Waals surface area contributed by atoms with Crippen molar-refractivity contribution in [1.29, 1.82) is 0 Å². The van der Waals surface area contributed by atoms with Crippen LogP contribution in [-0.4, -0.2) is 31.3 Å². The molecule has 0 bridgehead atoms. The predicted molar refractivity (Wildman–Crippen MR) is 169 cm³/mol. The van der Waals surface area contributed by atoms with Crippen LogP contribution in [0, 0.1) is 12.8 Å². The molecule has 0 N–H and O–H groups in total. The summed E-state index contributed by atoms with van der Waals surface area (Å²) in [5.41, 5.74) is 4.30. The maximum atomic E-state index is 14.3. The van der Waals surface area contributed by atoms with Crippen molar-refractivity contribution in [2.24, 2.45) is 5.92 Å². The molecule has 220 valence electrons. The second-order valence-corrected chi connectivity index (χ2v) is 13.5. The molecule has 1 aliphatic heterocycles. The van der Waals surface area contributed by atoms with Gasteiger partial charge >= 0.3 is 5.97 Å². The van der Waals surface area contributed by atoms with Crippen molar-refractivity contribution in [2.75, 3.05) is 6.54 Å². The quantitative estimate of drug-likeness (QED) is 0.156. The smallest absolute Gasteiger partial charge is 0.339 e. The van der Waals surface area contributed by atoms with Crippen molar-refractivity contribution in [1.82, 2.24) is 4.31 Å². The molecule has 1 fully saturated rings. The van der Waals surface area contributed by atoms with Gasteiger partial charge in [-0.2, -0.15) is 4.31 Å². The lowest BCUT2D eigenvalue weighted by Crippen LogP contribution is -2.63. The molecule has 5 nitrogen and oxygen atoms in total. The minimum Gasteiger partial charge on any atom is -0.445 e. The number of sulfonamides is 1. The number of hydrogen-bond donors (Lipinski definition) is 0. The Morgan fingerprint density at radius 3 is 2.02 bits per heavy atom. The van der Waals surface area contributed by atoms with Crippen LogP contribution in [0.1, 0.15) is 59.7 Å². The molecule has 0 aromatic heterocycles. The van der Waals surface area contributed by atoms with Crippen molar-refractivity contribution in [3.05, 3.63) is 149 Å². The molecule has 0 saturated heterocycles. The Morgan fingerprint density at radius 1 is 0.837 bits per heavy atom. The number of benzene rings is 4. The first-order chi connectivity index (χ1) is 20.8. The summed E-state index contributed by atoms with van der Waals surface area (Å²) in [5, 5.41) is 0. The minimum absolute atomic E-state index is 0.167. The van der Waals surface area contributed by atoms with Crippen molar-refractivity contribution in [3.63, 3.8) is 0 Å². The first-order valence-electron chi connectivity index (χ1n) is 15.0. The Kier molecular flexibility index (Phi) is 7.84. The monoisotopic (exact) mass is 591 g/mol. The number of carbonyl (C=O) groups excluding carboxylic acids is 1. The molecule has 1 saturated carbocycles. The van der Waals surface area contributed by atoms with Gasteiger partial charge in [-0.25, -0.2) is 13.2 Å². The molecule has 0 radical (unpaired) electrons. The van der Waals surface area contributed by atoms with Crippen LogP contribution in [0.4, 0.5) is 0 Å². The van der Waals surface area contributed by atoms with Gasteiger partial charge in [0, 0.05) is 30.0 Å². The molecule has 4 aromatic carbocycles. The summed E-state index contributed by atoms with van der Waals surface area (Å²) < 4.78 is 37.0. The average molecular weight is 592 g/mol. The highest BCUT2D eigenvalue weighted by atomic mass is 32.2. The third kappa shape index (κ3) is 4.92. The molecule has 0 amide bonds. The summed E-state index contributed by atoms with van der Waals surface area (Å²) in [6.45, 7) is 6.38. The molecule has 1 aliphatic carbocycles. The molecular formula is C37H37NO4S. The van der Waals surface area contributed by atoms with Gasteiger partial charge in [0.2, 0.25) is 10.0 Å². The average Bonchev–Trinajstić information content (AvgIpc) is 3.02. The van der Waals surface area contributed by atoms with E-state index in [1.54, 1.807) is 28.6 Å². The predicted octanol–water partition coefficient (Wildman–Crippen LogP) is 7.65. The van der Waals surface area contributed by atoms with E-state index >= 15 is 0 Å². The second kappa shape index (κ2) is 11.6. The second-order valence-electron chi connectivity index (χ2n) is 11.6. The number of rotatable bonds is 8. The lowest BCUT2D eigenvalue weighted by molar-refractivity contribution is -0.0755. The Morgan fingerprint density at radius 2 is 1.42 bits per heavy atom. The molecule has 1 heterocycles. The van der Waals surface area contributed by atoms with Crippen LogP contribution in [0.3, 0.4) is 0 Å². The Bertz CT molecular complexity index is 1740. The van der Waals surface area contributed by atoms with Crippen LogP contribution in [0.15, 0.2) is 131 Å². The topological polar surface area (TPSA) is 63.7 Å². The molecule has 4 atom stereocenters. The van der Waals surface area contributed by atoms with Gasteiger partial charge in [-0.1, -0.05) is 115 Å². The zero-order chi connectivity index (χ0) is 30.2. The number of esters is 1. The molecule has 6 heteroatoms. The van der Waals surface area contributed by atoms with E-state index in [1.165, 1.54) is 0 Å². The van der Waals surface area contributed by atoms with Gasteiger partial charge in [0.25, 0.3) is 0 Å². The Labute approximate surface area is 254 Å². The number of carbonyl (C=O) groups is 1. The third-order valence-electron chi connectivity index (χ3n) is 9.07. The van der Waals surface area contributed by atoms with E-state index in [0.717, 1.165) is 34.3 Å². The normalized spacial score (nSPS) is 23.7. The summed E-state index contributed by atoms with van der Waals surface area (Å²) in [7, 11) is -3.79. The molecule has 43 heavy (non-hydrogen) atoms. The highest BCUT2D eigenvalue weighted by Crippen LogP contribution is 2.66. The van der Waals surface area contributed by atoms with Crippen LogP contribution in [0.25, 0.3) is 0 Å². The van der Waals surface area contributed by atoms with Crippen LogP contribution in [-0.2, 0) is 20.4 Å². The number of aryl methyl sites for hydroxylation is 1. The zero-order valence-electron chi connectivity index (χ0n) is 24.8. The Balaban J connectivity index is 1.56. The van der Waals surface area contributed by atoms with E-state index < -0.39 is 21.6 Å². The summed E-state index contributed by atoms with van der Waals surface area (Å²) >= 11 is 0. The van der Waals surface area contributed by atoms with Crippen LogP contribution < -0.4 is 0 Å². The fourth-order valence-corrected chi connectivity index (χ4v) is 8.85. The first kappa shape index (κ1) is 29.1. The van der Waals surface area contributed by atoms with E-state index in [-0.39, 0.29) is 17.9 Å². The maximum Gasteiger partial charge on any atom is 0.339 e. The highest BCUT2D eigenvalue weighted by Gasteiger charge is 2.66. The summed E-state index contributed by atoms with van der Waals surface area (Å²) in [5.74, 6) is -0.850. The van der Waals surface area contributed by atoms with Crippen LogP contribution >= 0.6 is 0 Å². The van der Waals surface area contributed by atoms with E-state index in [1.807, 2.05) is 92.7 Å². The summed E-state index contributed by atoms with van der Waals surface area (Å²) in [6, 6.07) is 35.8. The number of hydrogen-bond acceptors (Lipinski definition) is 4. The molecule has 6 rings (SSSR count). The number of fused-ring (bicyclic) bond motifs is 1. The summed E-state index contributed by atoms with van der Waals surface area (Å²) in [6.07, 6.45) is 1.48. The zero-order valence-corrected chi connectivity index (χ0v) is 25.6. The van der Waals surface area contributed by atoms with E-state index in [2.05, 4.69) is 19.1 Å². The SMILES string of the molecule is CCC[C@H]1C(C)=C2[C@H](CN1S(=O)(=O)c1ccc(C)cc1)[C@@H](c1ccccc1)[C@@]2(OC(=O)c1ccccc1)c1ccccc1. The van der Waals surface area contributed by atoms with Gasteiger partial charge in [-0.05, 0) is 55.7 Å². The Hall–Kier alpha value is -4.00. The summed E-state index contributed by atoms with van der Waals surface area (Å²) in [4.78, 5) is 14.2. The standard InChI is InChI=1S/C37H37NO4S/c1-4-14-33-27(3)34-32(25-38(33)43(40,41)31-23-21-26(2)22-24-31)35(28-15-8-5-9-16-28)37(34,30-19-12-7-13-20-30)42-36(39)29-17-10-6-11-18-29/h5-13,15-24,32-33,35H,4,14,25H2,1-3H3/t32-,33-,35+,37+/m0/s1. The van der Waals surface area contributed by atoms with Gasteiger partial charge < -0.3 is 4.74 Å². The van der Waals surface area contributed by atoms with Gasteiger partial charge in [0.05, 0.1) is 10.5 Å². The highest BCUT2D eigenvalue weighted by molar-refractivity contribution is 7.89. The van der Waals surface area contributed by atoms with Gasteiger partial charge in [0.1, 0.15) is 0 Å². The molecule has 0 spiro atoms. The number of ether oxygens (including phenoxy) is 1. The fraction of sp³-hybridized carbons (Fsp3) is 0.270. The molecule has 0 unspecified atom stereocenters. The van der Waals surface area contributed by atoms with Gasteiger partial charge in [0.15, 0.2) is 5.60 Å². The van der Waals surface area contributed by atoms with E-state index in [9.17, 15) is 13.2 Å². The molecule has 2 aliphatic rings. The van der Waals surface area contributed by atoms with E-state index in [0.29, 0.717) is 23.4 Å². The van der Waals surface area contributed by atoms with Crippen molar-refractivity contribution in [2.45, 2.75) is 56.1 Å². The van der Waals surface area contributed by atoms with Crippen LogP contribution in [0.2, 0.25) is 0 Å². The van der Waals surface area contributed by atoms with Crippen molar-refractivity contribution < 1.29 is 17.9 Å². The lowest BCUT2D eigenvalue weighted by atomic mass is 9.50. The third-order valence-corrected chi connectivity index (χ3v) is 11.0. The fourth-order valence-electron chi connectivity index (χ4n) is 7.15. The first-order valence-corrected chi connectivity index (χ1v) is 16.4. The maximum absolute atomic E-state index is 14.3. The van der Waals surface area contributed by atoms with Crippen LogP contribution in [0.5, 0.6) is 0 Å².